The van der Waals surface area contributed by atoms with Gasteiger partial charge in [0.1, 0.15) is 5.15 Å². The molecule has 6 heteroatoms. The Morgan fingerprint density at radius 2 is 1.84 bits per heavy atom. The van der Waals surface area contributed by atoms with Gasteiger partial charge in [0.25, 0.3) is 5.91 Å². The van der Waals surface area contributed by atoms with E-state index in [0.717, 1.165) is 37.0 Å². The average Bonchev–Trinajstić information content (AvgIpc) is 2.53. The highest BCUT2D eigenvalue weighted by Gasteiger charge is 2.51. The lowest BCUT2D eigenvalue weighted by Gasteiger charge is -2.57. The second kappa shape index (κ2) is 6.27. The van der Waals surface area contributed by atoms with Gasteiger partial charge in [-0.25, -0.2) is 9.78 Å². The first-order valence-corrected chi connectivity index (χ1v) is 9.45. The molecule has 1 N–H and O–H groups in total. The quantitative estimate of drug-likeness (QED) is 0.658. The molecule has 5 nitrogen and oxygen atoms in total. The molecule has 134 valence electrons. The van der Waals surface area contributed by atoms with Gasteiger partial charge in [0.15, 0.2) is 6.10 Å². The van der Waals surface area contributed by atoms with Crippen LogP contribution in [0.1, 0.15) is 55.8 Å². The van der Waals surface area contributed by atoms with Gasteiger partial charge in [-0.15, -0.1) is 0 Å². The molecule has 1 atom stereocenters. The zero-order valence-electron chi connectivity index (χ0n) is 14.3. The van der Waals surface area contributed by atoms with E-state index in [1.165, 1.54) is 25.5 Å². The van der Waals surface area contributed by atoms with Crippen molar-refractivity contribution in [3.05, 3.63) is 29.0 Å². The normalized spacial score (nSPS) is 33.8. The number of ether oxygens (including phenoxy) is 1. The Bertz CT molecular complexity index is 670. The average molecular weight is 363 g/mol. The fourth-order valence-electron chi connectivity index (χ4n) is 5.44. The summed E-state index contributed by atoms with van der Waals surface area (Å²) < 4.78 is 5.32. The minimum atomic E-state index is -0.850. The van der Waals surface area contributed by atoms with Gasteiger partial charge in [-0.05, 0) is 75.3 Å². The van der Waals surface area contributed by atoms with Crippen LogP contribution in [0.5, 0.6) is 0 Å². The summed E-state index contributed by atoms with van der Waals surface area (Å²) in [4.78, 5) is 28.7. The lowest BCUT2D eigenvalue weighted by Crippen LogP contribution is -2.61. The van der Waals surface area contributed by atoms with Crippen LogP contribution in [-0.4, -0.2) is 28.5 Å². The van der Waals surface area contributed by atoms with E-state index >= 15 is 0 Å². The van der Waals surface area contributed by atoms with Gasteiger partial charge in [-0.3, -0.25) is 4.79 Å². The summed E-state index contributed by atoms with van der Waals surface area (Å²) in [5, 5.41) is 3.32. The van der Waals surface area contributed by atoms with Crippen LogP contribution in [0.15, 0.2) is 18.3 Å². The Kier molecular flexibility index (Phi) is 4.22. The largest absolute Gasteiger partial charge is 0.449 e. The van der Waals surface area contributed by atoms with Crippen molar-refractivity contribution in [2.75, 3.05) is 0 Å². The third-order valence-electron chi connectivity index (χ3n) is 6.06. The summed E-state index contributed by atoms with van der Waals surface area (Å²) in [6.45, 7) is 1.61. The molecule has 4 saturated carbocycles. The predicted octanol–water partition coefficient (Wildman–Crippen LogP) is 3.37. The Balaban J connectivity index is 1.40. The minimum absolute atomic E-state index is 0.0844. The van der Waals surface area contributed by atoms with E-state index in [2.05, 4.69) is 10.3 Å². The Labute approximate surface area is 152 Å². The number of rotatable bonds is 4. The number of aromatic nitrogens is 1. The van der Waals surface area contributed by atoms with Gasteiger partial charge in [-0.1, -0.05) is 11.6 Å². The van der Waals surface area contributed by atoms with Gasteiger partial charge < -0.3 is 10.1 Å². The molecule has 0 saturated heterocycles. The number of hydrogen-bond donors (Lipinski definition) is 1. The van der Waals surface area contributed by atoms with E-state index in [1.54, 1.807) is 19.1 Å². The zero-order valence-corrected chi connectivity index (χ0v) is 15.1. The molecule has 0 unspecified atom stereocenters. The molecule has 0 aromatic carbocycles. The van der Waals surface area contributed by atoms with Crippen molar-refractivity contribution in [2.45, 2.75) is 57.1 Å². The summed E-state index contributed by atoms with van der Waals surface area (Å²) in [6, 6.07) is 3.16. The third kappa shape index (κ3) is 3.26. The number of hydrogen-bond acceptors (Lipinski definition) is 4. The van der Waals surface area contributed by atoms with Crippen LogP contribution in [0.4, 0.5) is 0 Å². The minimum Gasteiger partial charge on any atom is -0.449 e. The van der Waals surface area contributed by atoms with E-state index < -0.39 is 12.1 Å². The number of halogens is 1. The highest BCUT2D eigenvalue weighted by atomic mass is 35.5. The number of nitrogens with one attached hydrogen (secondary N) is 1. The Morgan fingerprint density at radius 1 is 1.24 bits per heavy atom. The zero-order chi connectivity index (χ0) is 17.6. The molecular formula is C19H23ClN2O3. The van der Waals surface area contributed by atoms with Crippen LogP contribution in [0.3, 0.4) is 0 Å². The number of carbonyl (C=O) groups is 2. The summed E-state index contributed by atoms with van der Waals surface area (Å²) in [7, 11) is 0. The molecule has 4 fully saturated rings. The van der Waals surface area contributed by atoms with Crippen molar-refractivity contribution in [3.8, 4) is 0 Å². The van der Waals surface area contributed by atoms with Crippen molar-refractivity contribution >= 4 is 23.5 Å². The molecule has 4 aliphatic carbocycles. The number of nitrogens with zero attached hydrogens (tertiary/aromatic N) is 1. The molecule has 4 bridgehead atoms. The lowest BCUT2D eigenvalue weighted by atomic mass is 9.53. The van der Waals surface area contributed by atoms with Gasteiger partial charge >= 0.3 is 5.97 Å². The van der Waals surface area contributed by atoms with Crippen LogP contribution in [-0.2, 0) is 9.53 Å². The summed E-state index contributed by atoms with van der Waals surface area (Å²) in [5.41, 5.74) is 0.0944. The highest BCUT2D eigenvalue weighted by Crippen LogP contribution is 2.55. The molecule has 0 spiro atoms. The van der Waals surface area contributed by atoms with Crippen LogP contribution in [0.25, 0.3) is 0 Å². The van der Waals surface area contributed by atoms with E-state index in [0.29, 0.717) is 0 Å². The molecule has 0 radical (unpaired) electrons. The topological polar surface area (TPSA) is 68.3 Å². The summed E-state index contributed by atoms with van der Waals surface area (Å²) in [6.07, 6.45) is 7.82. The molecule has 25 heavy (non-hydrogen) atoms. The maximum atomic E-state index is 12.6. The van der Waals surface area contributed by atoms with Gasteiger partial charge in [-0.2, -0.15) is 0 Å². The standard InChI is InChI=1S/C19H23ClN2O3/c1-11(25-18(24)15-3-2-4-21-16(15)20)17(23)22-19-8-12-5-13(9-19)7-14(6-12)10-19/h2-4,11-14H,5-10H2,1H3,(H,22,23)/t11-,12?,13?,14?,19?/m1/s1. The smallest absolute Gasteiger partial charge is 0.342 e. The maximum absolute atomic E-state index is 12.6. The van der Waals surface area contributed by atoms with E-state index in [-0.39, 0.29) is 22.2 Å². The summed E-state index contributed by atoms with van der Waals surface area (Å²) in [5.74, 6) is 1.41. The molecule has 1 amide bonds. The van der Waals surface area contributed by atoms with Gasteiger partial charge in [0, 0.05) is 11.7 Å². The number of amides is 1. The number of pyridine rings is 1. The van der Waals surface area contributed by atoms with E-state index in [4.69, 9.17) is 16.3 Å². The third-order valence-corrected chi connectivity index (χ3v) is 6.36. The fourth-order valence-corrected chi connectivity index (χ4v) is 5.64. The molecule has 0 aliphatic heterocycles. The first-order valence-electron chi connectivity index (χ1n) is 9.08. The molecule has 1 aromatic rings. The molecule has 4 aliphatic rings. The summed E-state index contributed by atoms with van der Waals surface area (Å²) >= 11 is 5.91. The second-order valence-electron chi connectivity index (χ2n) is 8.08. The van der Waals surface area contributed by atoms with Crippen LogP contribution in [0.2, 0.25) is 5.15 Å². The number of esters is 1. The molecular weight excluding hydrogens is 340 g/mol. The van der Waals surface area contributed by atoms with Crippen molar-refractivity contribution in [2.24, 2.45) is 17.8 Å². The first-order chi connectivity index (χ1) is 11.9. The Morgan fingerprint density at radius 3 is 2.40 bits per heavy atom. The lowest BCUT2D eigenvalue weighted by molar-refractivity contribution is -0.134. The van der Waals surface area contributed by atoms with Gasteiger partial charge in [0.05, 0.1) is 5.56 Å². The van der Waals surface area contributed by atoms with Crippen LogP contribution >= 0.6 is 11.6 Å². The molecule has 1 aromatic heterocycles. The second-order valence-corrected chi connectivity index (χ2v) is 8.43. The van der Waals surface area contributed by atoms with Crippen molar-refractivity contribution in [3.63, 3.8) is 0 Å². The van der Waals surface area contributed by atoms with Crippen molar-refractivity contribution in [1.29, 1.82) is 0 Å². The maximum Gasteiger partial charge on any atom is 0.342 e. The first kappa shape index (κ1) is 16.8. The van der Waals surface area contributed by atoms with Crippen molar-refractivity contribution in [1.82, 2.24) is 10.3 Å². The Hall–Kier alpha value is -1.62. The predicted molar refractivity (Wildman–Crippen MR) is 93.2 cm³/mol. The van der Waals surface area contributed by atoms with Crippen LogP contribution < -0.4 is 5.32 Å². The SMILES string of the molecule is C[C@@H](OC(=O)c1cccnc1Cl)C(=O)NC12CC3CC(CC(C3)C1)C2. The van der Waals surface area contributed by atoms with Crippen molar-refractivity contribution < 1.29 is 14.3 Å². The van der Waals surface area contributed by atoms with E-state index in [9.17, 15) is 9.59 Å². The monoisotopic (exact) mass is 362 g/mol. The molecule has 5 rings (SSSR count). The van der Waals surface area contributed by atoms with E-state index in [1.807, 2.05) is 0 Å². The fraction of sp³-hybridized carbons (Fsp3) is 0.632. The number of carbonyl (C=O) groups excluding carboxylic acids is 2. The van der Waals surface area contributed by atoms with Gasteiger partial charge in [0.2, 0.25) is 0 Å². The molecule has 1 heterocycles. The highest BCUT2D eigenvalue weighted by molar-refractivity contribution is 6.32. The van der Waals surface area contributed by atoms with Crippen LogP contribution in [0, 0.1) is 17.8 Å².